The molecule has 1 amide bonds. The minimum atomic E-state index is -0.231. The molecule has 0 radical (unpaired) electrons. The molecule has 8 nitrogen and oxygen atoms in total. The molecule has 1 aliphatic heterocycles. The van der Waals surface area contributed by atoms with Crippen LogP contribution >= 0.6 is 11.6 Å². The van der Waals surface area contributed by atoms with Gasteiger partial charge in [0.15, 0.2) is 0 Å². The second-order valence-electron chi connectivity index (χ2n) is 6.89. The fraction of sp³-hybridized carbons (Fsp3) is 0.200. The molecule has 2 N–H and O–H groups in total. The van der Waals surface area contributed by atoms with Crippen molar-refractivity contribution < 1.29 is 13.9 Å². The normalized spacial score (nSPS) is 16.2. The number of anilines is 1. The Labute approximate surface area is 170 Å². The number of ether oxygens (including phenoxy) is 1. The largest absolute Gasteiger partial charge is 0.449 e. The van der Waals surface area contributed by atoms with Crippen LogP contribution in [0, 0.1) is 6.92 Å². The smallest absolute Gasteiger partial charge is 0.289 e. The quantitative estimate of drug-likeness (QED) is 0.481. The minimum Gasteiger partial charge on any atom is -0.449 e. The van der Waals surface area contributed by atoms with Crippen molar-refractivity contribution in [2.75, 3.05) is 11.9 Å². The Morgan fingerprint density at radius 1 is 1.17 bits per heavy atom. The van der Waals surface area contributed by atoms with E-state index in [9.17, 15) is 4.79 Å². The van der Waals surface area contributed by atoms with Crippen LogP contribution in [0.2, 0.25) is 5.15 Å². The standard InChI is InChI=1S/C20H16ClN5O3/c1-9-8-22-18-17-11-3-6-15(29-16-7-14(21)24-10(2)25-16)26-12(11)4-5-13(17)28-19(18)20(27)23-9/h3-7,9,22H,8H2,1-2H3,(H,23,27)/t9-/m1/s1. The van der Waals surface area contributed by atoms with Gasteiger partial charge < -0.3 is 19.8 Å². The van der Waals surface area contributed by atoms with Crippen LogP contribution in [0.5, 0.6) is 11.8 Å². The molecule has 4 heterocycles. The van der Waals surface area contributed by atoms with Crippen molar-refractivity contribution in [3.63, 3.8) is 0 Å². The van der Waals surface area contributed by atoms with Crippen LogP contribution in [-0.2, 0) is 0 Å². The van der Waals surface area contributed by atoms with Gasteiger partial charge in [0.2, 0.25) is 17.5 Å². The summed E-state index contributed by atoms with van der Waals surface area (Å²) < 4.78 is 11.6. The summed E-state index contributed by atoms with van der Waals surface area (Å²) in [5.74, 6) is 1.25. The van der Waals surface area contributed by atoms with E-state index in [4.69, 9.17) is 20.8 Å². The van der Waals surface area contributed by atoms with Crippen LogP contribution in [0.1, 0.15) is 23.3 Å². The van der Waals surface area contributed by atoms with Crippen molar-refractivity contribution in [3.05, 3.63) is 47.1 Å². The van der Waals surface area contributed by atoms with E-state index in [2.05, 4.69) is 25.6 Å². The Hall–Kier alpha value is -3.39. The van der Waals surface area contributed by atoms with Crippen molar-refractivity contribution in [3.8, 4) is 11.8 Å². The molecule has 1 atom stereocenters. The number of benzene rings is 1. The molecule has 1 aliphatic rings. The molecule has 0 spiro atoms. The summed E-state index contributed by atoms with van der Waals surface area (Å²) in [4.78, 5) is 25.2. The number of nitrogens with zero attached hydrogens (tertiary/aromatic N) is 3. The maximum atomic E-state index is 12.4. The van der Waals surface area contributed by atoms with Crippen molar-refractivity contribution in [1.29, 1.82) is 0 Å². The number of amides is 1. The Kier molecular flexibility index (Phi) is 4.02. The summed E-state index contributed by atoms with van der Waals surface area (Å²) in [6.45, 7) is 4.27. The van der Waals surface area contributed by atoms with Gasteiger partial charge in [-0.2, -0.15) is 4.98 Å². The molecule has 0 saturated heterocycles. The van der Waals surface area contributed by atoms with Gasteiger partial charge in [-0.3, -0.25) is 4.79 Å². The van der Waals surface area contributed by atoms with Gasteiger partial charge >= 0.3 is 0 Å². The molecular formula is C20H16ClN5O3. The van der Waals surface area contributed by atoms with Crippen LogP contribution in [0.15, 0.2) is 34.7 Å². The molecule has 3 aromatic heterocycles. The summed E-state index contributed by atoms with van der Waals surface area (Å²) in [6.07, 6.45) is 0. The third-order valence-electron chi connectivity index (χ3n) is 4.66. The first kappa shape index (κ1) is 17.7. The Bertz CT molecular complexity index is 1270. The summed E-state index contributed by atoms with van der Waals surface area (Å²) in [6, 6.07) is 8.78. The maximum Gasteiger partial charge on any atom is 0.289 e. The van der Waals surface area contributed by atoms with Gasteiger partial charge in [0.1, 0.15) is 16.6 Å². The molecule has 0 saturated carbocycles. The Morgan fingerprint density at radius 2 is 2.03 bits per heavy atom. The van der Waals surface area contributed by atoms with Gasteiger partial charge in [0.05, 0.1) is 16.6 Å². The molecule has 5 rings (SSSR count). The fourth-order valence-electron chi connectivity index (χ4n) is 3.43. The number of pyridine rings is 1. The third-order valence-corrected chi connectivity index (χ3v) is 4.85. The first-order valence-electron chi connectivity index (χ1n) is 9.08. The zero-order valence-corrected chi connectivity index (χ0v) is 16.4. The van der Waals surface area contributed by atoms with E-state index in [-0.39, 0.29) is 17.7 Å². The van der Waals surface area contributed by atoms with Crippen molar-refractivity contribution in [1.82, 2.24) is 20.3 Å². The predicted molar refractivity (Wildman–Crippen MR) is 109 cm³/mol. The maximum absolute atomic E-state index is 12.4. The van der Waals surface area contributed by atoms with E-state index >= 15 is 0 Å². The lowest BCUT2D eigenvalue weighted by molar-refractivity contribution is 0.0920. The highest BCUT2D eigenvalue weighted by molar-refractivity contribution is 6.29. The van der Waals surface area contributed by atoms with Crippen LogP contribution in [-0.4, -0.2) is 33.4 Å². The zero-order chi connectivity index (χ0) is 20.1. The van der Waals surface area contributed by atoms with E-state index in [0.29, 0.717) is 46.1 Å². The first-order chi connectivity index (χ1) is 14.0. The average Bonchev–Trinajstić information content (AvgIpc) is 2.98. The number of furan rings is 1. The van der Waals surface area contributed by atoms with E-state index in [1.54, 1.807) is 19.1 Å². The molecule has 0 aliphatic carbocycles. The number of carbonyl (C=O) groups excluding carboxylic acids is 1. The van der Waals surface area contributed by atoms with Crippen LogP contribution in [0.25, 0.3) is 21.9 Å². The van der Waals surface area contributed by atoms with Gasteiger partial charge in [-0.1, -0.05) is 11.6 Å². The average molecular weight is 410 g/mol. The third kappa shape index (κ3) is 3.11. The van der Waals surface area contributed by atoms with Crippen LogP contribution < -0.4 is 15.4 Å². The van der Waals surface area contributed by atoms with E-state index < -0.39 is 0 Å². The van der Waals surface area contributed by atoms with Gasteiger partial charge in [-0.25, -0.2) is 9.97 Å². The van der Waals surface area contributed by atoms with Gasteiger partial charge in [-0.05, 0) is 32.0 Å². The van der Waals surface area contributed by atoms with Crippen molar-refractivity contribution >= 4 is 45.1 Å². The second kappa shape index (κ2) is 6.59. The lowest BCUT2D eigenvalue weighted by Gasteiger charge is -2.10. The number of hydrogen-bond donors (Lipinski definition) is 2. The number of carbonyl (C=O) groups is 1. The van der Waals surface area contributed by atoms with Crippen LogP contribution in [0.4, 0.5) is 5.69 Å². The number of aromatic nitrogens is 3. The number of hydrogen-bond acceptors (Lipinski definition) is 7. The molecule has 29 heavy (non-hydrogen) atoms. The topological polar surface area (TPSA) is 102 Å². The fourth-order valence-corrected chi connectivity index (χ4v) is 3.64. The number of halogens is 1. The highest BCUT2D eigenvalue weighted by Gasteiger charge is 2.26. The van der Waals surface area contributed by atoms with E-state index in [1.807, 2.05) is 19.1 Å². The minimum absolute atomic E-state index is 0.00334. The number of rotatable bonds is 2. The van der Waals surface area contributed by atoms with Crippen LogP contribution in [0.3, 0.4) is 0 Å². The molecular weight excluding hydrogens is 394 g/mol. The van der Waals surface area contributed by atoms with Crippen molar-refractivity contribution in [2.45, 2.75) is 19.9 Å². The van der Waals surface area contributed by atoms with Gasteiger partial charge in [0.25, 0.3) is 5.91 Å². The Balaban J connectivity index is 1.61. The highest BCUT2D eigenvalue weighted by Crippen LogP contribution is 2.37. The lowest BCUT2D eigenvalue weighted by atomic mass is 10.1. The second-order valence-corrected chi connectivity index (χ2v) is 7.28. The summed E-state index contributed by atoms with van der Waals surface area (Å²) >= 11 is 5.97. The number of fused-ring (bicyclic) bond motifs is 5. The van der Waals surface area contributed by atoms with E-state index in [0.717, 1.165) is 10.8 Å². The molecule has 0 unspecified atom stereocenters. The summed E-state index contributed by atoms with van der Waals surface area (Å²) in [5, 5.41) is 8.19. The molecule has 1 aromatic carbocycles. The van der Waals surface area contributed by atoms with E-state index in [1.165, 1.54) is 6.07 Å². The molecule has 9 heteroatoms. The summed E-state index contributed by atoms with van der Waals surface area (Å²) in [7, 11) is 0. The Morgan fingerprint density at radius 3 is 2.86 bits per heavy atom. The first-order valence-corrected chi connectivity index (χ1v) is 9.46. The van der Waals surface area contributed by atoms with Gasteiger partial charge in [-0.15, -0.1) is 0 Å². The number of nitrogens with one attached hydrogen (secondary N) is 2. The molecule has 0 fully saturated rings. The summed E-state index contributed by atoms with van der Waals surface area (Å²) in [5.41, 5.74) is 2.00. The SMILES string of the molecule is Cc1nc(Cl)cc(Oc2ccc3c(ccc4oc5c(c43)NC[C@@H](C)NC5=O)n2)n1. The molecule has 0 bridgehead atoms. The van der Waals surface area contributed by atoms with Gasteiger partial charge in [0, 0.05) is 30.1 Å². The zero-order valence-electron chi connectivity index (χ0n) is 15.6. The highest BCUT2D eigenvalue weighted by atomic mass is 35.5. The predicted octanol–water partition coefficient (Wildman–Crippen LogP) is 4.07. The lowest BCUT2D eigenvalue weighted by Crippen LogP contribution is -2.34. The van der Waals surface area contributed by atoms with Crippen molar-refractivity contribution in [2.24, 2.45) is 0 Å². The molecule has 146 valence electrons. The monoisotopic (exact) mass is 409 g/mol. The number of aryl methyl sites for hydroxylation is 1. The molecule has 4 aromatic rings.